The molecule has 3 nitrogen and oxygen atoms in total. The standard InChI is InChI=1S/C12H15N3S/c1-3-10(9-7-5-4-6-8-9)11-14-15-12(13-2)16-11/h4-8,10H,3H2,1-2H3,(H,13,15). The van der Waals surface area contributed by atoms with Gasteiger partial charge in [-0.1, -0.05) is 48.6 Å². The Morgan fingerprint density at radius 3 is 2.56 bits per heavy atom. The second kappa shape index (κ2) is 5.07. The fourth-order valence-electron chi connectivity index (χ4n) is 1.71. The summed E-state index contributed by atoms with van der Waals surface area (Å²) in [6.45, 7) is 2.18. The zero-order chi connectivity index (χ0) is 11.4. The summed E-state index contributed by atoms with van der Waals surface area (Å²) in [6.07, 6.45) is 1.04. The van der Waals surface area contributed by atoms with Gasteiger partial charge in [-0.2, -0.15) is 0 Å². The lowest BCUT2D eigenvalue weighted by atomic mass is 9.97. The molecule has 0 bridgehead atoms. The quantitative estimate of drug-likeness (QED) is 0.881. The van der Waals surface area contributed by atoms with Crippen LogP contribution in [0.4, 0.5) is 5.13 Å². The lowest BCUT2D eigenvalue weighted by Crippen LogP contribution is -1.98. The molecule has 0 aliphatic rings. The van der Waals surface area contributed by atoms with E-state index in [1.165, 1.54) is 5.56 Å². The Balaban J connectivity index is 2.29. The van der Waals surface area contributed by atoms with Crippen molar-refractivity contribution in [1.82, 2.24) is 10.2 Å². The Labute approximate surface area is 99.5 Å². The van der Waals surface area contributed by atoms with Crippen LogP contribution in [0.25, 0.3) is 0 Å². The van der Waals surface area contributed by atoms with Crippen LogP contribution in [-0.2, 0) is 0 Å². The van der Waals surface area contributed by atoms with E-state index in [2.05, 4.69) is 46.7 Å². The normalized spacial score (nSPS) is 12.4. The number of anilines is 1. The lowest BCUT2D eigenvalue weighted by Gasteiger charge is -2.10. The van der Waals surface area contributed by atoms with Crippen molar-refractivity contribution in [3.63, 3.8) is 0 Å². The molecule has 1 unspecified atom stereocenters. The van der Waals surface area contributed by atoms with Crippen LogP contribution in [0.1, 0.15) is 29.8 Å². The maximum absolute atomic E-state index is 4.24. The monoisotopic (exact) mass is 233 g/mol. The van der Waals surface area contributed by atoms with Crippen LogP contribution in [0.5, 0.6) is 0 Å². The molecule has 0 aliphatic carbocycles. The Morgan fingerprint density at radius 2 is 2.00 bits per heavy atom. The van der Waals surface area contributed by atoms with Gasteiger partial charge in [0.05, 0.1) is 0 Å². The van der Waals surface area contributed by atoms with Gasteiger partial charge in [0, 0.05) is 13.0 Å². The van der Waals surface area contributed by atoms with Gasteiger partial charge in [-0.3, -0.25) is 0 Å². The molecule has 0 spiro atoms. The van der Waals surface area contributed by atoms with Crippen molar-refractivity contribution in [3.8, 4) is 0 Å². The third-order valence-electron chi connectivity index (χ3n) is 2.56. The molecule has 2 aromatic rings. The molecule has 1 atom stereocenters. The van der Waals surface area contributed by atoms with Crippen molar-refractivity contribution >= 4 is 16.5 Å². The van der Waals surface area contributed by atoms with Crippen LogP contribution >= 0.6 is 11.3 Å². The van der Waals surface area contributed by atoms with E-state index >= 15 is 0 Å². The first kappa shape index (κ1) is 11.1. The highest BCUT2D eigenvalue weighted by atomic mass is 32.1. The first-order chi connectivity index (χ1) is 7.85. The maximum Gasteiger partial charge on any atom is 0.205 e. The van der Waals surface area contributed by atoms with E-state index in [1.54, 1.807) is 11.3 Å². The molecule has 4 heteroatoms. The van der Waals surface area contributed by atoms with Crippen molar-refractivity contribution in [2.24, 2.45) is 0 Å². The van der Waals surface area contributed by atoms with Crippen LogP contribution in [0.15, 0.2) is 30.3 Å². The molecule has 0 aliphatic heterocycles. The summed E-state index contributed by atoms with van der Waals surface area (Å²) in [4.78, 5) is 0. The fraction of sp³-hybridized carbons (Fsp3) is 0.333. The minimum Gasteiger partial charge on any atom is -0.363 e. The van der Waals surface area contributed by atoms with Crippen molar-refractivity contribution in [3.05, 3.63) is 40.9 Å². The minimum atomic E-state index is 0.362. The number of hydrogen-bond acceptors (Lipinski definition) is 4. The first-order valence-electron chi connectivity index (χ1n) is 5.41. The first-order valence-corrected chi connectivity index (χ1v) is 6.23. The summed E-state index contributed by atoms with van der Waals surface area (Å²) < 4.78 is 0. The topological polar surface area (TPSA) is 37.8 Å². The molecule has 1 N–H and O–H groups in total. The highest BCUT2D eigenvalue weighted by Gasteiger charge is 2.16. The van der Waals surface area contributed by atoms with Crippen LogP contribution in [0.3, 0.4) is 0 Å². The van der Waals surface area contributed by atoms with Gasteiger partial charge in [-0.15, -0.1) is 10.2 Å². The van der Waals surface area contributed by atoms with Gasteiger partial charge in [-0.05, 0) is 12.0 Å². The van der Waals surface area contributed by atoms with Crippen molar-refractivity contribution in [1.29, 1.82) is 0 Å². The van der Waals surface area contributed by atoms with Gasteiger partial charge < -0.3 is 5.32 Å². The molecule has 84 valence electrons. The fourth-order valence-corrected chi connectivity index (χ4v) is 2.62. The predicted octanol–water partition coefficient (Wildman–Crippen LogP) is 3.12. The Hall–Kier alpha value is -1.42. The number of hydrogen-bond donors (Lipinski definition) is 1. The Kier molecular flexibility index (Phi) is 3.51. The van der Waals surface area contributed by atoms with E-state index in [1.807, 2.05) is 13.1 Å². The maximum atomic E-state index is 4.24. The van der Waals surface area contributed by atoms with Crippen LogP contribution in [0.2, 0.25) is 0 Å². The van der Waals surface area contributed by atoms with Crippen LogP contribution in [-0.4, -0.2) is 17.2 Å². The molecule has 1 aromatic heterocycles. The van der Waals surface area contributed by atoms with Gasteiger partial charge in [0.15, 0.2) is 0 Å². The van der Waals surface area contributed by atoms with Gasteiger partial charge in [0.1, 0.15) is 5.01 Å². The zero-order valence-corrected chi connectivity index (χ0v) is 10.3. The molecule has 16 heavy (non-hydrogen) atoms. The number of nitrogens with zero attached hydrogens (tertiary/aromatic N) is 2. The molecule has 0 fully saturated rings. The van der Waals surface area contributed by atoms with Crippen LogP contribution < -0.4 is 5.32 Å². The average Bonchev–Trinajstić information content (AvgIpc) is 2.80. The lowest BCUT2D eigenvalue weighted by molar-refractivity contribution is 0.755. The average molecular weight is 233 g/mol. The Morgan fingerprint density at radius 1 is 1.25 bits per heavy atom. The van der Waals surface area contributed by atoms with E-state index in [-0.39, 0.29) is 0 Å². The predicted molar refractivity (Wildman–Crippen MR) is 68.0 cm³/mol. The summed E-state index contributed by atoms with van der Waals surface area (Å²) in [5.74, 6) is 0.362. The smallest absolute Gasteiger partial charge is 0.205 e. The minimum absolute atomic E-state index is 0.362. The third kappa shape index (κ3) is 2.22. The van der Waals surface area contributed by atoms with E-state index in [4.69, 9.17) is 0 Å². The summed E-state index contributed by atoms with van der Waals surface area (Å²) in [5, 5.41) is 13.3. The number of aromatic nitrogens is 2. The van der Waals surface area contributed by atoms with Crippen molar-refractivity contribution in [2.75, 3.05) is 12.4 Å². The Bertz CT molecular complexity index is 439. The van der Waals surface area contributed by atoms with E-state index in [0.717, 1.165) is 16.6 Å². The summed E-state index contributed by atoms with van der Waals surface area (Å²) >= 11 is 1.63. The molecule has 0 saturated heterocycles. The van der Waals surface area contributed by atoms with Gasteiger partial charge in [0.2, 0.25) is 5.13 Å². The largest absolute Gasteiger partial charge is 0.363 e. The SMILES string of the molecule is CCC(c1ccccc1)c1nnc(NC)s1. The third-order valence-corrected chi connectivity index (χ3v) is 3.62. The second-order valence-corrected chi connectivity index (χ2v) is 4.58. The molecule has 0 amide bonds. The van der Waals surface area contributed by atoms with Crippen LogP contribution in [0, 0.1) is 0 Å². The molecule has 2 rings (SSSR count). The molecular weight excluding hydrogens is 218 g/mol. The second-order valence-electron chi connectivity index (χ2n) is 3.57. The molecular formula is C12H15N3S. The summed E-state index contributed by atoms with van der Waals surface area (Å²) in [6, 6.07) is 10.5. The molecule has 0 saturated carbocycles. The van der Waals surface area contributed by atoms with E-state index < -0.39 is 0 Å². The zero-order valence-electron chi connectivity index (χ0n) is 9.47. The highest BCUT2D eigenvalue weighted by Crippen LogP contribution is 2.31. The van der Waals surface area contributed by atoms with Gasteiger partial charge in [0.25, 0.3) is 0 Å². The van der Waals surface area contributed by atoms with Crippen molar-refractivity contribution < 1.29 is 0 Å². The van der Waals surface area contributed by atoms with Gasteiger partial charge >= 0.3 is 0 Å². The van der Waals surface area contributed by atoms with E-state index in [0.29, 0.717) is 5.92 Å². The molecule has 1 heterocycles. The van der Waals surface area contributed by atoms with Crippen molar-refractivity contribution in [2.45, 2.75) is 19.3 Å². The number of rotatable bonds is 4. The summed E-state index contributed by atoms with van der Waals surface area (Å²) in [5.41, 5.74) is 1.31. The number of benzene rings is 1. The van der Waals surface area contributed by atoms with E-state index in [9.17, 15) is 0 Å². The van der Waals surface area contributed by atoms with Gasteiger partial charge in [-0.25, -0.2) is 0 Å². The molecule has 1 aromatic carbocycles. The number of nitrogens with one attached hydrogen (secondary N) is 1. The highest BCUT2D eigenvalue weighted by molar-refractivity contribution is 7.15. The molecule has 0 radical (unpaired) electrons. The summed E-state index contributed by atoms with van der Waals surface area (Å²) in [7, 11) is 1.87.